The molecule has 1 aliphatic heterocycles. The Morgan fingerprint density at radius 3 is 2.74 bits per heavy atom. The number of carboxylic acid groups (broad SMARTS) is 1. The average Bonchev–Trinajstić information content (AvgIpc) is 2.80. The number of hydrogen-bond acceptors (Lipinski definition) is 4. The minimum Gasteiger partial charge on any atom is -0.508 e. The summed E-state index contributed by atoms with van der Waals surface area (Å²) < 4.78 is 0. The first-order valence-corrected chi connectivity index (χ1v) is 6.56. The molecule has 0 aromatic heterocycles. The first-order valence-electron chi connectivity index (χ1n) is 6.56. The number of rotatable bonds is 5. The van der Waals surface area contributed by atoms with E-state index in [0.29, 0.717) is 19.4 Å². The number of carbonyl (C=O) groups is 1. The topological polar surface area (TPSA) is 86.8 Å². The fraction of sp³-hybridized carbons (Fsp3) is 0.500. The molecule has 1 saturated heterocycles. The van der Waals surface area contributed by atoms with E-state index < -0.39 is 5.97 Å². The summed E-state index contributed by atoms with van der Waals surface area (Å²) in [5, 5.41) is 18.3. The van der Waals surface area contributed by atoms with Crippen LogP contribution in [0.25, 0.3) is 0 Å². The van der Waals surface area contributed by atoms with E-state index in [1.807, 2.05) is 17.0 Å². The first kappa shape index (κ1) is 13.8. The molecule has 0 saturated carbocycles. The summed E-state index contributed by atoms with van der Waals surface area (Å²) in [5.41, 5.74) is 7.14. The van der Waals surface area contributed by atoms with Crippen LogP contribution in [0.2, 0.25) is 0 Å². The van der Waals surface area contributed by atoms with Gasteiger partial charge in [0.1, 0.15) is 11.8 Å². The second-order valence-corrected chi connectivity index (χ2v) is 5.12. The maximum Gasteiger partial charge on any atom is 0.320 e. The van der Waals surface area contributed by atoms with Gasteiger partial charge < -0.3 is 15.9 Å². The van der Waals surface area contributed by atoms with Crippen molar-refractivity contribution in [2.75, 3.05) is 13.1 Å². The van der Waals surface area contributed by atoms with Gasteiger partial charge in [-0.05, 0) is 43.5 Å². The smallest absolute Gasteiger partial charge is 0.320 e. The molecule has 1 aliphatic rings. The van der Waals surface area contributed by atoms with Crippen molar-refractivity contribution < 1.29 is 15.0 Å². The lowest BCUT2D eigenvalue weighted by Crippen LogP contribution is -2.44. The monoisotopic (exact) mass is 264 g/mol. The van der Waals surface area contributed by atoms with Crippen LogP contribution in [0.1, 0.15) is 18.4 Å². The molecule has 2 unspecified atom stereocenters. The number of phenolic OH excluding ortho intramolecular Hbond substituents is 1. The van der Waals surface area contributed by atoms with Crippen LogP contribution in [0.4, 0.5) is 0 Å². The fourth-order valence-corrected chi connectivity index (χ4v) is 2.62. The molecule has 5 nitrogen and oxygen atoms in total. The Hall–Kier alpha value is -1.59. The Morgan fingerprint density at radius 1 is 1.42 bits per heavy atom. The lowest BCUT2D eigenvalue weighted by atomic mass is 10.1. The van der Waals surface area contributed by atoms with Gasteiger partial charge in [-0.25, -0.2) is 0 Å². The van der Waals surface area contributed by atoms with Gasteiger partial charge in [-0.1, -0.05) is 12.1 Å². The van der Waals surface area contributed by atoms with Gasteiger partial charge in [0.25, 0.3) is 0 Å². The minimum atomic E-state index is -0.755. The minimum absolute atomic E-state index is 0.0931. The van der Waals surface area contributed by atoms with Gasteiger partial charge in [-0.15, -0.1) is 0 Å². The standard InChI is InChI=1S/C14H20N2O3/c15-11(8-10-3-5-12(17)6-4-10)9-16-7-1-2-13(16)14(18)19/h3-6,11,13,17H,1-2,7-9,15H2,(H,18,19). The van der Waals surface area contributed by atoms with E-state index in [1.165, 1.54) is 0 Å². The van der Waals surface area contributed by atoms with E-state index in [2.05, 4.69) is 0 Å². The fourth-order valence-electron chi connectivity index (χ4n) is 2.62. The van der Waals surface area contributed by atoms with Crippen LogP contribution in [0.5, 0.6) is 5.75 Å². The van der Waals surface area contributed by atoms with Crippen molar-refractivity contribution in [3.8, 4) is 5.75 Å². The third-order valence-corrected chi connectivity index (χ3v) is 3.55. The number of nitrogens with two attached hydrogens (primary N) is 1. The van der Waals surface area contributed by atoms with E-state index in [4.69, 9.17) is 10.8 Å². The zero-order chi connectivity index (χ0) is 13.8. The average molecular weight is 264 g/mol. The summed E-state index contributed by atoms with van der Waals surface area (Å²) in [6, 6.07) is 6.48. The van der Waals surface area contributed by atoms with Crippen molar-refractivity contribution in [1.29, 1.82) is 0 Å². The zero-order valence-electron chi connectivity index (χ0n) is 10.8. The molecule has 1 fully saturated rings. The Labute approximate surface area is 112 Å². The van der Waals surface area contributed by atoms with Crippen molar-refractivity contribution in [2.45, 2.75) is 31.3 Å². The predicted molar refractivity (Wildman–Crippen MR) is 72.0 cm³/mol. The molecule has 1 aromatic rings. The highest BCUT2D eigenvalue weighted by atomic mass is 16.4. The van der Waals surface area contributed by atoms with E-state index in [1.54, 1.807) is 12.1 Å². The van der Waals surface area contributed by atoms with Crippen LogP contribution in [0, 0.1) is 0 Å². The summed E-state index contributed by atoms with van der Waals surface area (Å²) in [6.45, 7) is 1.40. The Balaban J connectivity index is 1.88. The Bertz CT molecular complexity index is 433. The lowest BCUT2D eigenvalue weighted by molar-refractivity contribution is -0.142. The highest BCUT2D eigenvalue weighted by molar-refractivity contribution is 5.73. The highest BCUT2D eigenvalue weighted by Gasteiger charge is 2.31. The first-order chi connectivity index (χ1) is 9.06. The number of likely N-dealkylation sites (tertiary alicyclic amines) is 1. The van der Waals surface area contributed by atoms with E-state index in [9.17, 15) is 9.90 Å². The van der Waals surface area contributed by atoms with Gasteiger partial charge in [0, 0.05) is 12.6 Å². The number of carboxylic acids is 1. The van der Waals surface area contributed by atoms with Crippen LogP contribution < -0.4 is 5.73 Å². The molecule has 0 bridgehead atoms. The Kier molecular flexibility index (Phi) is 4.39. The van der Waals surface area contributed by atoms with Gasteiger partial charge >= 0.3 is 5.97 Å². The van der Waals surface area contributed by atoms with Crippen molar-refractivity contribution in [3.05, 3.63) is 29.8 Å². The molecule has 19 heavy (non-hydrogen) atoms. The van der Waals surface area contributed by atoms with Gasteiger partial charge in [-0.3, -0.25) is 9.69 Å². The summed E-state index contributed by atoms with van der Waals surface area (Å²) in [4.78, 5) is 13.0. The summed E-state index contributed by atoms with van der Waals surface area (Å²) in [7, 11) is 0. The zero-order valence-corrected chi connectivity index (χ0v) is 10.8. The maximum atomic E-state index is 11.1. The number of nitrogens with zero attached hydrogens (tertiary/aromatic N) is 1. The molecule has 0 spiro atoms. The third kappa shape index (κ3) is 3.68. The maximum absolute atomic E-state index is 11.1. The molecule has 4 N–H and O–H groups in total. The summed E-state index contributed by atoms with van der Waals surface area (Å²) in [5.74, 6) is -0.517. The van der Waals surface area contributed by atoms with Crippen LogP contribution in [0.15, 0.2) is 24.3 Å². The number of aliphatic carboxylic acids is 1. The van der Waals surface area contributed by atoms with Crippen LogP contribution in [0.3, 0.4) is 0 Å². The normalized spacial score (nSPS) is 21.4. The number of aromatic hydroxyl groups is 1. The van der Waals surface area contributed by atoms with E-state index in [0.717, 1.165) is 18.5 Å². The molecular formula is C14H20N2O3. The van der Waals surface area contributed by atoms with Crippen LogP contribution >= 0.6 is 0 Å². The van der Waals surface area contributed by atoms with Crippen molar-refractivity contribution in [3.63, 3.8) is 0 Å². The molecule has 0 radical (unpaired) electrons. The van der Waals surface area contributed by atoms with Gasteiger partial charge in [-0.2, -0.15) is 0 Å². The molecule has 0 aliphatic carbocycles. The van der Waals surface area contributed by atoms with E-state index >= 15 is 0 Å². The molecule has 104 valence electrons. The van der Waals surface area contributed by atoms with Crippen molar-refractivity contribution >= 4 is 5.97 Å². The predicted octanol–water partition coefficient (Wildman–Crippen LogP) is 0.811. The number of benzene rings is 1. The van der Waals surface area contributed by atoms with Gasteiger partial charge in [0.2, 0.25) is 0 Å². The second kappa shape index (κ2) is 6.04. The second-order valence-electron chi connectivity index (χ2n) is 5.12. The van der Waals surface area contributed by atoms with Crippen molar-refractivity contribution in [2.24, 2.45) is 5.73 Å². The molecule has 2 atom stereocenters. The molecule has 2 rings (SSSR count). The molecule has 1 aromatic carbocycles. The lowest BCUT2D eigenvalue weighted by Gasteiger charge is -2.24. The third-order valence-electron chi connectivity index (χ3n) is 3.55. The Morgan fingerprint density at radius 2 is 2.11 bits per heavy atom. The molecule has 5 heteroatoms. The summed E-state index contributed by atoms with van der Waals surface area (Å²) in [6.07, 6.45) is 2.31. The largest absolute Gasteiger partial charge is 0.508 e. The number of hydrogen-bond donors (Lipinski definition) is 3. The van der Waals surface area contributed by atoms with E-state index in [-0.39, 0.29) is 17.8 Å². The summed E-state index contributed by atoms with van der Waals surface area (Å²) >= 11 is 0. The SMILES string of the molecule is NC(Cc1ccc(O)cc1)CN1CCCC1C(=O)O. The van der Waals surface area contributed by atoms with Gasteiger partial charge in [0.05, 0.1) is 0 Å². The number of phenols is 1. The van der Waals surface area contributed by atoms with Crippen LogP contribution in [-0.2, 0) is 11.2 Å². The molecular weight excluding hydrogens is 244 g/mol. The highest BCUT2D eigenvalue weighted by Crippen LogP contribution is 2.18. The molecule has 0 amide bonds. The quantitative estimate of drug-likeness (QED) is 0.732. The van der Waals surface area contributed by atoms with Crippen molar-refractivity contribution in [1.82, 2.24) is 4.90 Å². The molecule has 1 heterocycles. The van der Waals surface area contributed by atoms with Crippen LogP contribution in [-0.4, -0.2) is 46.3 Å². The van der Waals surface area contributed by atoms with Gasteiger partial charge in [0.15, 0.2) is 0 Å².